The van der Waals surface area contributed by atoms with Crippen molar-refractivity contribution in [3.05, 3.63) is 11.6 Å². The number of hydrogen-bond donors (Lipinski definition) is 0. The molecule has 0 aromatic heterocycles. The summed E-state index contributed by atoms with van der Waals surface area (Å²) in [5.41, 5.74) is 1.33. The van der Waals surface area contributed by atoms with Gasteiger partial charge in [-0.05, 0) is 19.8 Å². The van der Waals surface area contributed by atoms with E-state index in [-0.39, 0.29) is 17.8 Å². The van der Waals surface area contributed by atoms with Crippen LogP contribution in [0.1, 0.15) is 19.8 Å². The van der Waals surface area contributed by atoms with Crippen LogP contribution in [-0.2, 0) is 14.3 Å². The number of Topliss-reactive ketones (excluding diaryl/α,β-unsaturated/α-hetero) is 1. The zero-order valence-electron chi connectivity index (χ0n) is 8.23. The van der Waals surface area contributed by atoms with Gasteiger partial charge in [0.15, 0.2) is 5.78 Å². The minimum Gasteiger partial charge on any atom is -0.343 e. The van der Waals surface area contributed by atoms with E-state index in [1.165, 1.54) is 5.57 Å². The summed E-state index contributed by atoms with van der Waals surface area (Å²) in [6.45, 7) is 2.70. The van der Waals surface area contributed by atoms with Crippen LogP contribution in [0.15, 0.2) is 11.6 Å². The number of hydrogen-bond acceptors (Lipinski definition) is 3. The highest BCUT2D eigenvalue weighted by Gasteiger charge is 2.49. The molecule has 2 heterocycles. The maximum Gasteiger partial charge on any atom is 0.218 e. The van der Waals surface area contributed by atoms with Gasteiger partial charge in [-0.2, -0.15) is 0 Å². The molecule has 0 amide bonds. The van der Waals surface area contributed by atoms with Gasteiger partial charge in [-0.1, -0.05) is 11.6 Å². The Labute approximate surface area is 83.1 Å². The Balaban J connectivity index is 1.93. The number of fused-ring (bicyclic) bond motifs is 4. The first-order valence-corrected chi connectivity index (χ1v) is 5.22. The largest absolute Gasteiger partial charge is 0.343 e. The van der Waals surface area contributed by atoms with Crippen LogP contribution < -0.4 is 0 Å². The molecule has 0 unspecified atom stereocenters. The predicted molar refractivity (Wildman–Crippen MR) is 49.6 cm³/mol. The van der Waals surface area contributed by atoms with Gasteiger partial charge >= 0.3 is 0 Å². The predicted octanol–water partition coefficient (Wildman–Crippen LogP) is 1.28. The molecule has 2 fully saturated rings. The summed E-state index contributed by atoms with van der Waals surface area (Å²) in [7, 11) is 0. The van der Waals surface area contributed by atoms with Crippen LogP contribution >= 0.6 is 0 Å². The molecule has 0 saturated carbocycles. The molecule has 1 aliphatic carbocycles. The lowest BCUT2D eigenvalue weighted by atomic mass is 9.74. The molecule has 4 atom stereocenters. The first kappa shape index (κ1) is 8.62. The molecule has 3 aliphatic rings. The third kappa shape index (κ3) is 1.09. The molecule has 0 aromatic carbocycles. The van der Waals surface area contributed by atoms with Crippen molar-refractivity contribution in [3.8, 4) is 0 Å². The molecule has 3 rings (SSSR count). The lowest BCUT2D eigenvalue weighted by molar-refractivity contribution is -0.165. The number of carbonyl (C=O) groups is 1. The second kappa shape index (κ2) is 2.91. The molecular weight excluding hydrogens is 180 g/mol. The van der Waals surface area contributed by atoms with Crippen LogP contribution in [0.2, 0.25) is 0 Å². The van der Waals surface area contributed by atoms with Crippen molar-refractivity contribution in [2.45, 2.75) is 32.2 Å². The Kier molecular flexibility index (Phi) is 1.79. The second-order valence-electron chi connectivity index (χ2n) is 4.50. The first-order chi connectivity index (χ1) is 6.75. The van der Waals surface area contributed by atoms with Crippen LogP contribution in [0.25, 0.3) is 0 Å². The molecule has 2 aliphatic heterocycles. The molecule has 3 nitrogen and oxygen atoms in total. The van der Waals surface area contributed by atoms with Gasteiger partial charge in [-0.25, -0.2) is 0 Å². The highest BCUT2D eigenvalue weighted by Crippen LogP contribution is 2.41. The third-order valence-corrected chi connectivity index (χ3v) is 3.58. The van der Waals surface area contributed by atoms with Crippen molar-refractivity contribution in [2.24, 2.45) is 11.8 Å². The van der Waals surface area contributed by atoms with Crippen LogP contribution in [0.4, 0.5) is 0 Å². The van der Waals surface area contributed by atoms with Gasteiger partial charge in [0.25, 0.3) is 0 Å². The highest BCUT2D eigenvalue weighted by atomic mass is 16.7. The van der Waals surface area contributed by atoms with Crippen molar-refractivity contribution in [2.75, 3.05) is 6.61 Å². The van der Waals surface area contributed by atoms with E-state index in [4.69, 9.17) is 9.47 Å². The fourth-order valence-electron chi connectivity index (χ4n) is 2.77. The van der Waals surface area contributed by atoms with Gasteiger partial charge in [-0.15, -0.1) is 0 Å². The zero-order chi connectivity index (χ0) is 9.71. The number of carbonyl (C=O) groups excluding carboxylic acids is 1. The van der Waals surface area contributed by atoms with E-state index in [1.54, 1.807) is 0 Å². The van der Waals surface area contributed by atoms with Crippen molar-refractivity contribution in [1.82, 2.24) is 0 Å². The Bertz CT molecular complexity index is 308. The second-order valence-corrected chi connectivity index (χ2v) is 4.50. The molecule has 2 bridgehead atoms. The van der Waals surface area contributed by atoms with Gasteiger partial charge in [-0.3, -0.25) is 4.79 Å². The van der Waals surface area contributed by atoms with Crippen molar-refractivity contribution in [1.29, 1.82) is 0 Å². The highest BCUT2D eigenvalue weighted by molar-refractivity contribution is 5.86. The quantitative estimate of drug-likeness (QED) is 0.545. The summed E-state index contributed by atoms with van der Waals surface area (Å²) in [4.78, 5) is 11.9. The fraction of sp³-hybridized carbons (Fsp3) is 0.727. The van der Waals surface area contributed by atoms with Crippen LogP contribution in [0.3, 0.4) is 0 Å². The van der Waals surface area contributed by atoms with E-state index in [2.05, 4.69) is 13.0 Å². The molecule has 3 heteroatoms. The van der Waals surface area contributed by atoms with Gasteiger partial charge in [0.2, 0.25) is 6.29 Å². The SMILES string of the molecule is CC1=CC[C@H]2[C@H](C1)C(=O)[C@H]1OC[C@H]2O1. The van der Waals surface area contributed by atoms with E-state index in [9.17, 15) is 4.79 Å². The summed E-state index contributed by atoms with van der Waals surface area (Å²) in [5.74, 6) is 0.687. The van der Waals surface area contributed by atoms with Crippen molar-refractivity contribution < 1.29 is 14.3 Å². The van der Waals surface area contributed by atoms with Gasteiger partial charge in [0.1, 0.15) is 0 Å². The van der Waals surface area contributed by atoms with Gasteiger partial charge in [0.05, 0.1) is 12.7 Å². The lowest BCUT2D eigenvalue weighted by Crippen LogP contribution is -2.44. The van der Waals surface area contributed by atoms with Crippen molar-refractivity contribution in [3.63, 3.8) is 0 Å². The average Bonchev–Trinajstić information content (AvgIpc) is 2.61. The maximum atomic E-state index is 11.9. The fourth-order valence-corrected chi connectivity index (χ4v) is 2.77. The molecular formula is C11H14O3. The zero-order valence-corrected chi connectivity index (χ0v) is 8.23. The molecule has 0 N–H and O–H groups in total. The summed E-state index contributed by atoms with van der Waals surface area (Å²) < 4.78 is 10.8. The summed E-state index contributed by atoms with van der Waals surface area (Å²) in [5, 5.41) is 0. The number of rotatable bonds is 0. The van der Waals surface area contributed by atoms with Crippen LogP contribution in [0, 0.1) is 11.8 Å². The number of ketones is 1. The Morgan fingerprint density at radius 3 is 3.21 bits per heavy atom. The normalized spacial score (nSPS) is 46.1. The Morgan fingerprint density at radius 1 is 1.50 bits per heavy atom. The van der Waals surface area contributed by atoms with E-state index in [0.717, 1.165) is 12.8 Å². The van der Waals surface area contributed by atoms with E-state index < -0.39 is 6.29 Å². The summed E-state index contributed by atoms with van der Waals surface area (Å²) >= 11 is 0. The molecule has 14 heavy (non-hydrogen) atoms. The van der Waals surface area contributed by atoms with E-state index in [0.29, 0.717) is 12.5 Å². The third-order valence-electron chi connectivity index (χ3n) is 3.58. The Morgan fingerprint density at radius 2 is 2.36 bits per heavy atom. The van der Waals surface area contributed by atoms with Crippen molar-refractivity contribution >= 4 is 5.78 Å². The summed E-state index contributed by atoms with van der Waals surface area (Å²) in [6.07, 6.45) is 3.72. The minimum absolute atomic E-state index is 0.159. The minimum atomic E-state index is -0.549. The molecule has 0 spiro atoms. The van der Waals surface area contributed by atoms with Gasteiger partial charge < -0.3 is 9.47 Å². The standard InChI is InChI=1S/C11H14O3/c1-6-2-3-7-8(4-6)10(12)11-13-5-9(7)14-11/h2,7-9,11H,3-5H2,1H3/t7-,8-,9+,11-/m0/s1. The molecule has 2 saturated heterocycles. The van der Waals surface area contributed by atoms with E-state index >= 15 is 0 Å². The maximum absolute atomic E-state index is 11.9. The average molecular weight is 194 g/mol. The monoisotopic (exact) mass is 194 g/mol. The lowest BCUT2D eigenvalue weighted by Gasteiger charge is -2.36. The number of ether oxygens (including phenoxy) is 2. The first-order valence-electron chi connectivity index (χ1n) is 5.22. The van der Waals surface area contributed by atoms with E-state index in [1.807, 2.05) is 0 Å². The molecule has 76 valence electrons. The number of allylic oxidation sites excluding steroid dienone is 2. The topological polar surface area (TPSA) is 35.5 Å². The Hall–Kier alpha value is -0.670. The van der Waals surface area contributed by atoms with Crippen LogP contribution in [-0.4, -0.2) is 24.8 Å². The van der Waals surface area contributed by atoms with Gasteiger partial charge in [0, 0.05) is 11.8 Å². The molecule has 0 aromatic rings. The summed E-state index contributed by atoms with van der Waals surface area (Å²) in [6, 6.07) is 0. The molecule has 0 radical (unpaired) electrons. The van der Waals surface area contributed by atoms with Crippen LogP contribution in [0.5, 0.6) is 0 Å². The smallest absolute Gasteiger partial charge is 0.218 e.